The fourth-order valence-electron chi connectivity index (χ4n) is 1.85. The average molecular weight is 332 g/mol. The van der Waals surface area contributed by atoms with Crippen LogP contribution in [-0.2, 0) is 16.6 Å². The van der Waals surface area contributed by atoms with Crippen molar-refractivity contribution in [2.75, 3.05) is 14.2 Å². The van der Waals surface area contributed by atoms with E-state index in [0.717, 1.165) is 0 Å². The molecule has 1 unspecified atom stereocenters. The van der Waals surface area contributed by atoms with Crippen molar-refractivity contribution in [3.8, 4) is 11.5 Å². The second-order valence-corrected chi connectivity index (χ2v) is 6.76. The third-order valence-corrected chi connectivity index (χ3v) is 5.34. The Labute approximate surface area is 130 Å². The lowest BCUT2D eigenvalue weighted by atomic mass is 10.2. The van der Waals surface area contributed by atoms with Crippen LogP contribution in [0.1, 0.15) is 18.9 Å². The Hall–Kier alpha value is -1.38. The van der Waals surface area contributed by atoms with E-state index in [1.54, 1.807) is 32.2 Å². The highest BCUT2D eigenvalue weighted by molar-refractivity contribution is 7.93. The van der Waals surface area contributed by atoms with Gasteiger partial charge >= 0.3 is 0 Å². The Morgan fingerprint density at radius 3 is 2.52 bits per heavy atom. The maximum atomic E-state index is 12.2. The van der Waals surface area contributed by atoms with Crippen LogP contribution in [0.4, 0.5) is 0 Å². The topological polar surface area (TPSA) is 90.7 Å². The van der Waals surface area contributed by atoms with Crippen LogP contribution in [0.3, 0.4) is 0 Å². The number of hydrogen-bond acceptors (Lipinski definition) is 5. The summed E-state index contributed by atoms with van der Waals surface area (Å²) in [6, 6.07) is 5.16. The predicted molar refractivity (Wildman–Crippen MR) is 86.2 cm³/mol. The fraction of sp³-hybridized carbons (Fsp3) is 0.462. The van der Waals surface area contributed by atoms with E-state index in [9.17, 15) is 8.42 Å². The van der Waals surface area contributed by atoms with E-state index in [2.05, 4.69) is 4.72 Å². The van der Waals surface area contributed by atoms with Crippen LogP contribution >= 0.6 is 12.2 Å². The highest BCUT2D eigenvalue weighted by atomic mass is 32.2. The molecule has 0 radical (unpaired) electrons. The van der Waals surface area contributed by atoms with Gasteiger partial charge in [-0.2, -0.15) is 0 Å². The molecule has 3 N–H and O–H groups in total. The van der Waals surface area contributed by atoms with Crippen LogP contribution in [-0.4, -0.2) is 32.9 Å². The number of hydrogen-bond donors (Lipinski definition) is 2. The summed E-state index contributed by atoms with van der Waals surface area (Å²) in [6.07, 6.45) is 0.324. The molecule has 0 heterocycles. The minimum Gasteiger partial charge on any atom is -0.497 e. The van der Waals surface area contributed by atoms with Crippen molar-refractivity contribution in [2.24, 2.45) is 5.73 Å². The first-order valence-corrected chi connectivity index (χ1v) is 8.29. The first-order chi connectivity index (χ1) is 9.85. The summed E-state index contributed by atoms with van der Waals surface area (Å²) in [5.74, 6) is 1.17. The summed E-state index contributed by atoms with van der Waals surface area (Å²) in [7, 11) is -0.556. The second kappa shape index (κ2) is 7.58. The Morgan fingerprint density at radius 1 is 1.38 bits per heavy atom. The fourth-order valence-corrected chi connectivity index (χ4v) is 3.70. The molecule has 0 aliphatic rings. The molecule has 1 aromatic carbocycles. The molecule has 1 atom stereocenters. The Kier molecular flexibility index (Phi) is 6.38. The molecule has 0 aliphatic carbocycles. The number of sulfonamides is 1. The molecular formula is C13H20N2O4S2. The van der Waals surface area contributed by atoms with Gasteiger partial charge in [0.2, 0.25) is 10.0 Å². The van der Waals surface area contributed by atoms with Gasteiger partial charge in [0, 0.05) is 18.2 Å². The molecule has 0 saturated carbocycles. The molecule has 0 saturated heterocycles. The number of thiocarbonyl (C=S) groups is 1. The minimum absolute atomic E-state index is 0.0355. The number of nitrogens with two attached hydrogens (primary N) is 1. The lowest BCUT2D eigenvalue weighted by molar-refractivity contribution is 0.390. The predicted octanol–water partition coefficient (Wildman–Crippen LogP) is 1.19. The molecule has 1 aromatic rings. The molecular weight excluding hydrogens is 312 g/mol. The van der Waals surface area contributed by atoms with Gasteiger partial charge in [0.25, 0.3) is 0 Å². The van der Waals surface area contributed by atoms with Crippen molar-refractivity contribution in [3.05, 3.63) is 23.8 Å². The molecule has 0 aromatic heterocycles. The van der Waals surface area contributed by atoms with Gasteiger partial charge in [-0.3, -0.25) is 0 Å². The van der Waals surface area contributed by atoms with Crippen LogP contribution in [0, 0.1) is 0 Å². The highest BCUT2D eigenvalue weighted by Crippen LogP contribution is 2.24. The van der Waals surface area contributed by atoms with Crippen LogP contribution in [0.2, 0.25) is 0 Å². The molecule has 0 aliphatic heterocycles. The van der Waals surface area contributed by atoms with E-state index < -0.39 is 15.3 Å². The molecule has 0 bridgehead atoms. The van der Waals surface area contributed by atoms with Gasteiger partial charge < -0.3 is 15.2 Å². The summed E-state index contributed by atoms with van der Waals surface area (Å²) in [4.78, 5) is -0.0355. The van der Waals surface area contributed by atoms with E-state index in [-0.39, 0.29) is 11.5 Å². The van der Waals surface area contributed by atoms with Crippen molar-refractivity contribution in [1.29, 1.82) is 0 Å². The summed E-state index contributed by atoms with van der Waals surface area (Å²) >= 11 is 4.79. The quantitative estimate of drug-likeness (QED) is 0.695. The van der Waals surface area contributed by atoms with Crippen LogP contribution in [0.5, 0.6) is 11.5 Å². The number of nitrogens with one attached hydrogen (secondary N) is 1. The van der Waals surface area contributed by atoms with Gasteiger partial charge in [0.05, 0.1) is 19.2 Å². The molecule has 6 nitrogen and oxygen atoms in total. The van der Waals surface area contributed by atoms with Gasteiger partial charge in [-0.1, -0.05) is 25.2 Å². The molecule has 21 heavy (non-hydrogen) atoms. The number of ether oxygens (including phenoxy) is 2. The molecule has 0 fully saturated rings. The SMILES string of the molecule is CCC(C(N)=S)S(=O)(=O)NCc1ccc(OC)cc1OC. The zero-order valence-electron chi connectivity index (χ0n) is 12.3. The van der Waals surface area contributed by atoms with Crippen LogP contribution in [0.25, 0.3) is 0 Å². The molecule has 1 rings (SSSR count). The van der Waals surface area contributed by atoms with Crippen molar-refractivity contribution in [3.63, 3.8) is 0 Å². The van der Waals surface area contributed by atoms with Gasteiger partial charge in [-0.05, 0) is 12.5 Å². The Morgan fingerprint density at radius 2 is 2.05 bits per heavy atom. The molecule has 0 spiro atoms. The maximum Gasteiger partial charge on any atom is 0.221 e. The van der Waals surface area contributed by atoms with Crippen LogP contribution < -0.4 is 19.9 Å². The average Bonchev–Trinajstić information content (AvgIpc) is 2.44. The smallest absolute Gasteiger partial charge is 0.221 e. The highest BCUT2D eigenvalue weighted by Gasteiger charge is 2.26. The lowest BCUT2D eigenvalue weighted by Crippen LogP contribution is -2.41. The summed E-state index contributed by atoms with van der Waals surface area (Å²) in [6.45, 7) is 1.81. The first kappa shape index (κ1) is 17.7. The van der Waals surface area contributed by atoms with E-state index in [1.807, 2.05) is 0 Å². The number of methoxy groups -OCH3 is 2. The molecule has 0 amide bonds. The third-order valence-electron chi connectivity index (χ3n) is 3.02. The first-order valence-electron chi connectivity index (χ1n) is 6.34. The zero-order valence-corrected chi connectivity index (χ0v) is 13.9. The standard InChI is InChI=1S/C13H20N2O4S2/c1-4-12(13(14)20)21(16,17)15-8-9-5-6-10(18-2)7-11(9)19-3/h5-7,12,15H,4,8H2,1-3H3,(H2,14,20). The monoisotopic (exact) mass is 332 g/mol. The van der Waals surface area contributed by atoms with Crippen LogP contribution in [0.15, 0.2) is 18.2 Å². The molecule has 118 valence electrons. The van der Waals surface area contributed by atoms with E-state index >= 15 is 0 Å². The van der Waals surface area contributed by atoms with Crippen molar-refractivity contribution in [1.82, 2.24) is 4.72 Å². The van der Waals surface area contributed by atoms with E-state index in [4.69, 9.17) is 27.4 Å². The van der Waals surface area contributed by atoms with Gasteiger partial charge in [-0.15, -0.1) is 0 Å². The normalized spacial score (nSPS) is 12.7. The van der Waals surface area contributed by atoms with E-state index in [1.165, 1.54) is 7.11 Å². The summed E-state index contributed by atoms with van der Waals surface area (Å²) in [5, 5.41) is -0.878. The zero-order chi connectivity index (χ0) is 16.0. The third kappa shape index (κ3) is 4.55. The summed E-state index contributed by atoms with van der Waals surface area (Å²) in [5.41, 5.74) is 6.16. The van der Waals surface area contributed by atoms with Crippen molar-refractivity contribution >= 4 is 27.2 Å². The lowest BCUT2D eigenvalue weighted by Gasteiger charge is -2.16. The largest absolute Gasteiger partial charge is 0.497 e. The van der Waals surface area contributed by atoms with E-state index in [0.29, 0.717) is 23.5 Å². The molecule has 8 heteroatoms. The van der Waals surface area contributed by atoms with Gasteiger partial charge in [0.15, 0.2) is 0 Å². The van der Waals surface area contributed by atoms with Gasteiger partial charge in [0.1, 0.15) is 16.7 Å². The summed E-state index contributed by atoms with van der Waals surface area (Å²) < 4.78 is 37.1. The minimum atomic E-state index is -3.61. The number of benzene rings is 1. The Balaban J connectivity index is 2.90. The van der Waals surface area contributed by atoms with Crippen molar-refractivity contribution < 1.29 is 17.9 Å². The Bertz CT molecular complexity index is 602. The second-order valence-electron chi connectivity index (χ2n) is 4.34. The van der Waals surface area contributed by atoms with Crippen molar-refractivity contribution in [2.45, 2.75) is 25.1 Å². The maximum absolute atomic E-state index is 12.2. The number of rotatable bonds is 8. The van der Waals surface area contributed by atoms with Gasteiger partial charge in [-0.25, -0.2) is 13.1 Å².